The van der Waals surface area contributed by atoms with Crippen LogP contribution >= 0.6 is 27.5 Å². The quantitative estimate of drug-likeness (QED) is 0.367. The van der Waals surface area contributed by atoms with Crippen LogP contribution in [0.4, 0.5) is 5.69 Å². The van der Waals surface area contributed by atoms with Gasteiger partial charge in [0.25, 0.3) is 11.8 Å². The zero-order valence-corrected chi connectivity index (χ0v) is 17.2. The third-order valence-corrected chi connectivity index (χ3v) is 4.79. The third-order valence-electron chi connectivity index (χ3n) is 3.86. The average Bonchev–Trinajstić information content (AvgIpc) is 2.71. The number of phenols is 1. The van der Waals surface area contributed by atoms with E-state index in [2.05, 4.69) is 31.8 Å². The molecule has 0 spiro atoms. The SMILES string of the molecule is O=C(N/N=C\c1cc(Cl)ccc1O)c1cccc(NC(=O)c2ccccc2Br)c1. The zero-order chi connectivity index (χ0) is 20.8. The Balaban J connectivity index is 1.68. The number of halogens is 2. The van der Waals surface area contributed by atoms with Crippen LogP contribution in [0.5, 0.6) is 5.75 Å². The third kappa shape index (κ3) is 5.43. The molecule has 0 aliphatic rings. The highest BCUT2D eigenvalue weighted by atomic mass is 79.9. The first-order chi connectivity index (χ1) is 13.9. The molecule has 3 aromatic rings. The van der Waals surface area contributed by atoms with E-state index in [-0.39, 0.29) is 11.7 Å². The molecule has 2 amide bonds. The van der Waals surface area contributed by atoms with Crippen LogP contribution in [0.3, 0.4) is 0 Å². The highest BCUT2D eigenvalue weighted by molar-refractivity contribution is 9.10. The summed E-state index contributed by atoms with van der Waals surface area (Å²) in [6.07, 6.45) is 1.29. The minimum absolute atomic E-state index is 0.0100. The number of anilines is 1. The molecule has 0 radical (unpaired) electrons. The van der Waals surface area contributed by atoms with Gasteiger partial charge in [-0.2, -0.15) is 5.10 Å². The zero-order valence-electron chi connectivity index (χ0n) is 14.9. The second-order valence-electron chi connectivity index (χ2n) is 5.92. The molecule has 3 aromatic carbocycles. The van der Waals surface area contributed by atoms with E-state index >= 15 is 0 Å². The Morgan fingerprint density at radius 2 is 1.79 bits per heavy atom. The number of nitrogens with zero attached hydrogens (tertiary/aromatic N) is 1. The number of carbonyl (C=O) groups is 2. The van der Waals surface area contributed by atoms with E-state index < -0.39 is 5.91 Å². The van der Waals surface area contributed by atoms with Crippen molar-refractivity contribution in [1.82, 2.24) is 5.43 Å². The van der Waals surface area contributed by atoms with Crippen molar-refractivity contribution in [3.05, 3.63) is 92.9 Å². The number of amides is 2. The van der Waals surface area contributed by atoms with E-state index in [1.165, 1.54) is 24.4 Å². The number of nitrogens with one attached hydrogen (secondary N) is 2. The van der Waals surface area contributed by atoms with Gasteiger partial charge in [0.05, 0.1) is 11.8 Å². The molecule has 0 aromatic heterocycles. The van der Waals surface area contributed by atoms with Crippen LogP contribution in [-0.4, -0.2) is 23.1 Å². The van der Waals surface area contributed by atoms with Gasteiger partial charge in [0.2, 0.25) is 0 Å². The Morgan fingerprint density at radius 1 is 1.00 bits per heavy atom. The Morgan fingerprint density at radius 3 is 2.59 bits per heavy atom. The number of hydrazone groups is 1. The lowest BCUT2D eigenvalue weighted by Gasteiger charge is -2.08. The summed E-state index contributed by atoms with van der Waals surface area (Å²) in [4.78, 5) is 24.7. The number of hydrogen-bond donors (Lipinski definition) is 3. The van der Waals surface area contributed by atoms with Gasteiger partial charge in [-0.05, 0) is 64.5 Å². The lowest BCUT2D eigenvalue weighted by atomic mass is 10.1. The Bertz CT molecular complexity index is 1100. The van der Waals surface area contributed by atoms with E-state index in [4.69, 9.17) is 11.6 Å². The second kappa shape index (κ2) is 9.36. The van der Waals surface area contributed by atoms with Gasteiger partial charge in [0.15, 0.2) is 0 Å². The van der Waals surface area contributed by atoms with Crippen molar-refractivity contribution < 1.29 is 14.7 Å². The van der Waals surface area contributed by atoms with E-state index in [9.17, 15) is 14.7 Å². The first-order valence-corrected chi connectivity index (χ1v) is 9.59. The van der Waals surface area contributed by atoms with Crippen molar-refractivity contribution >= 4 is 51.2 Å². The topological polar surface area (TPSA) is 90.8 Å². The lowest BCUT2D eigenvalue weighted by molar-refractivity contribution is 0.0953. The monoisotopic (exact) mass is 471 g/mol. The molecule has 29 heavy (non-hydrogen) atoms. The van der Waals surface area contributed by atoms with Gasteiger partial charge in [0.1, 0.15) is 5.75 Å². The first-order valence-electron chi connectivity index (χ1n) is 8.42. The normalized spacial score (nSPS) is 10.7. The molecule has 3 rings (SSSR count). The van der Waals surface area contributed by atoms with Crippen molar-refractivity contribution in [3.63, 3.8) is 0 Å². The van der Waals surface area contributed by atoms with Crippen LogP contribution in [0, 0.1) is 0 Å². The molecule has 0 aliphatic heterocycles. The highest BCUT2D eigenvalue weighted by Crippen LogP contribution is 2.20. The van der Waals surface area contributed by atoms with Crippen LogP contribution < -0.4 is 10.7 Å². The maximum absolute atomic E-state index is 12.4. The second-order valence-corrected chi connectivity index (χ2v) is 7.21. The first kappa shape index (κ1) is 20.6. The smallest absolute Gasteiger partial charge is 0.271 e. The number of benzene rings is 3. The molecule has 0 saturated carbocycles. The summed E-state index contributed by atoms with van der Waals surface area (Å²) in [5.41, 5.74) is 3.99. The van der Waals surface area contributed by atoms with Gasteiger partial charge in [-0.3, -0.25) is 9.59 Å². The van der Waals surface area contributed by atoms with Gasteiger partial charge >= 0.3 is 0 Å². The summed E-state index contributed by atoms with van der Waals surface area (Å²) in [5, 5.41) is 16.8. The van der Waals surface area contributed by atoms with Gasteiger partial charge in [0, 0.05) is 26.3 Å². The van der Waals surface area contributed by atoms with E-state index in [1.54, 1.807) is 42.5 Å². The summed E-state index contributed by atoms with van der Waals surface area (Å²) < 4.78 is 0.671. The molecule has 0 fully saturated rings. The summed E-state index contributed by atoms with van der Waals surface area (Å²) in [6.45, 7) is 0. The highest BCUT2D eigenvalue weighted by Gasteiger charge is 2.11. The predicted molar refractivity (Wildman–Crippen MR) is 117 cm³/mol. The summed E-state index contributed by atoms with van der Waals surface area (Å²) in [7, 11) is 0. The van der Waals surface area contributed by atoms with Crippen LogP contribution in [0.25, 0.3) is 0 Å². The van der Waals surface area contributed by atoms with Crippen molar-refractivity contribution in [2.75, 3.05) is 5.32 Å². The molecule has 0 bridgehead atoms. The van der Waals surface area contributed by atoms with Crippen LogP contribution in [-0.2, 0) is 0 Å². The van der Waals surface area contributed by atoms with Gasteiger partial charge in [-0.15, -0.1) is 0 Å². The van der Waals surface area contributed by atoms with Crippen LogP contribution in [0.15, 0.2) is 76.3 Å². The molecule has 0 unspecified atom stereocenters. The number of aromatic hydroxyl groups is 1. The fourth-order valence-corrected chi connectivity index (χ4v) is 3.08. The molecule has 3 N–H and O–H groups in total. The molecule has 8 heteroatoms. The van der Waals surface area contributed by atoms with Gasteiger partial charge in [-0.25, -0.2) is 5.43 Å². The standard InChI is InChI=1S/C21H15BrClN3O3/c22-18-7-2-1-6-17(18)21(29)25-16-5-3-4-13(11-16)20(28)26-24-12-14-10-15(23)8-9-19(14)27/h1-12,27H,(H,25,29)(H,26,28)/b24-12-. The number of phenolic OH excluding ortho intramolecular Hbond substituents is 1. The molecule has 0 heterocycles. The molecular weight excluding hydrogens is 458 g/mol. The average molecular weight is 473 g/mol. The van der Waals surface area contributed by atoms with Gasteiger partial charge in [-0.1, -0.05) is 29.8 Å². The minimum atomic E-state index is -0.472. The number of carbonyl (C=O) groups excluding carboxylic acids is 2. The van der Waals surface area contributed by atoms with Crippen molar-refractivity contribution in [3.8, 4) is 5.75 Å². The maximum atomic E-state index is 12.4. The Kier molecular flexibility index (Phi) is 6.64. The summed E-state index contributed by atoms with van der Waals surface area (Å²) in [5.74, 6) is -0.784. The molecule has 0 saturated heterocycles. The largest absolute Gasteiger partial charge is 0.507 e. The van der Waals surface area contributed by atoms with E-state index in [0.717, 1.165) is 0 Å². The van der Waals surface area contributed by atoms with Crippen molar-refractivity contribution in [1.29, 1.82) is 0 Å². The predicted octanol–water partition coefficient (Wildman–Crippen LogP) is 4.82. The number of hydrogen-bond acceptors (Lipinski definition) is 4. The molecular formula is C21H15BrClN3O3. The minimum Gasteiger partial charge on any atom is -0.507 e. The lowest BCUT2D eigenvalue weighted by Crippen LogP contribution is -2.18. The van der Waals surface area contributed by atoms with E-state index in [0.29, 0.717) is 31.9 Å². The van der Waals surface area contributed by atoms with Crippen molar-refractivity contribution in [2.45, 2.75) is 0 Å². The summed E-state index contributed by atoms with van der Waals surface area (Å²) >= 11 is 9.21. The summed E-state index contributed by atoms with van der Waals surface area (Å²) in [6, 6.07) is 18.0. The molecule has 146 valence electrons. The fourth-order valence-electron chi connectivity index (χ4n) is 2.44. The van der Waals surface area contributed by atoms with E-state index in [1.807, 2.05) is 6.07 Å². The fraction of sp³-hybridized carbons (Fsp3) is 0. The van der Waals surface area contributed by atoms with Crippen LogP contribution in [0.1, 0.15) is 26.3 Å². The molecule has 0 atom stereocenters. The van der Waals surface area contributed by atoms with Gasteiger partial charge < -0.3 is 10.4 Å². The van der Waals surface area contributed by atoms with Crippen molar-refractivity contribution in [2.24, 2.45) is 5.10 Å². The Labute approximate surface area is 180 Å². The maximum Gasteiger partial charge on any atom is 0.271 e. The number of rotatable bonds is 5. The molecule has 6 nitrogen and oxygen atoms in total. The van der Waals surface area contributed by atoms with Crippen LogP contribution in [0.2, 0.25) is 5.02 Å². The molecule has 0 aliphatic carbocycles. The Hall–Kier alpha value is -3.16.